The lowest BCUT2D eigenvalue weighted by atomic mass is 10.2. The molecular weight excluding hydrogens is 286 g/mol. The van der Waals surface area contributed by atoms with Crippen LogP contribution in [0.2, 0.25) is 0 Å². The highest BCUT2D eigenvalue weighted by molar-refractivity contribution is 5.67. The van der Waals surface area contributed by atoms with E-state index in [1.165, 1.54) is 12.3 Å². The molecule has 0 bridgehead atoms. The van der Waals surface area contributed by atoms with Crippen molar-refractivity contribution in [2.24, 2.45) is 0 Å². The van der Waals surface area contributed by atoms with Crippen molar-refractivity contribution in [3.8, 4) is 0 Å². The Morgan fingerprint density at radius 1 is 1.50 bits per heavy atom. The molecule has 0 radical (unpaired) electrons. The average molecular weight is 307 g/mol. The van der Waals surface area contributed by atoms with Gasteiger partial charge >= 0.3 is 6.09 Å². The maximum atomic E-state index is 11.4. The van der Waals surface area contributed by atoms with E-state index in [4.69, 9.17) is 4.74 Å². The molecule has 0 unspecified atom stereocenters. The Morgan fingerprint density at radius 2 is 2.18 bits per heavy atom. The lowest BCUT2D eigenvalue weighted by Gasteiger charge is -2.19. The van der Waals surface area contributed by atoms with Crippen LogP contribution in [0.3, 0.4) is 0 Å². The van der Waals surface area contributed by atoms with Gasteiger partial charge in [0.25, 0.3) is 5.69 Å². The van der Waals surface area contributed by atoms with Crippen LogP contribution in [0.15, 0.2) is 18.3 Å². The molecule has 0 saturated carbocycles. The minimum absolute atomic E-state index is 0.0266. The number of amides is 1. The van der Waals surface area contributed by atoms with Crippen LogP contribution >= 0.6 is 0 Å². The number of carbonyl (C=O) groups excluding carboxylic acids is 1. The number of pyridine rings is 1. The molecule has 1 heterocycles. The van der Waals surface area contributed by atoms with Crippen LogP contribution in [0.25, 0.3) is 6.08 Å². The number of alkyl carbamates (subject to hydrolysis) is 1. The predicted molar refractivity (Wildman–Crippen MR) is 83.5 cm³/mol. The van der Waals surface area contributed by atoms with Crippen molar-refractivity contribution in [3.63, 3.8) is 0 Å². The molecule has 0 fully saturated rings. The van der Waals surface area contributed by atoms with Crippen molar-refractivity contribution in [2.45, 2.75) is 39.7 Å². The molecule has 1 aromatic heterocycles. The second-order valence-electron chi connectivity index (χ2n) is 5.77. The Morgan fingerprint density at radius 3 is 2.73 bits per heavy atom. The Labute approximate surface area is 129 Å². The largest absolute Gasteiger partial charge is 0.444 e. The third kappa shape index (κ3) is 6.34. The highest BCUT2D eigenvalue weighted by Gasteiger charge is 2.15. The molecule has 0 spiro atoms. The number of aromatic nitrogens is 1. The van der Waals surface area contributed by atoms with E-state index >= 15 is 0 Å². The molecule has 0 aliphatic carbocycles. The third-order valence-corrected chi connectivity index (χ3v) is 2.57. The van der Waals surface area contributed by atoms with Gasteiger partial charge in [-0.2, -0.15) is 0 Å². The Hall–Kier alpha value is -2.44. The first-order chi connectivity index (χ1) is 10.2. The molecule has 0 aliphatic heterocycles. The summed E-state index contributed by atoms with van der Waals surface area (Å²) in [5.74, 6) is 0. The summed E-state index contributed by atoms with van der Waals surface area (Å²) in [6.45, 7) is 7.61. The average Bonchev–Trinajstić information content (AvgIpc) is 2.37. The van der Waals surface area contributed by atoms with Crippen molar-refractivity contribution in [1.82, 2.24) is 10.3 Å². The molecule has 7 nitrogen and oxygen atoms in total. The van der Waals surface area contributed by atoms with Gasteiger partial charge in [-0.3, -0.25) is 10.1 Å². The topological polar surface area (TPSA) is 94.4 Å². The normalized spacial score (nSPS) is 11.5. The summed E-state index contributed by atoms with van der Waals surface area (Å²) in [6, 6.07) is 1.48. The van der Waals surface area contributed by atoms with E-state index in [2.05, 4.69) is 10.3 Å². The minimum atomic E-state index is -0.514. The number of rotatable bonds is 5. The van der Waals surface area contributed by atoms with Crippen LogP contribution in [0.4, 0.5) is 10.5 Å². The van der Waals surface area contributed by atoms with Gasteiger partial charge in [-0.1, -0.05) is 6.08 Å². The number of nitrogens with zero attached hydrogens (tertiary/aromatic N) is 2. The standard InChI is InChI=1S/C15H21N3O4/c1-11-9-12(18(20)21)10-17-13(11)7-5-6-8-16-14(19)22-15(2,3)4/h5,7,9-10H,6,8H2,1-4H3,(H,16,19). The molecular formula is C15H21N3O4. The van der Waals surface area contributed by atoms with E-state index in [0.29, 0.717) is 18.7 Å². The second-order valence-corrected chi connectivity index (χ2v) is 5.77. The number of nitro groups is 1. The first-order valence-electron chi connectivity index (χ1n) is 6.93. The summed E-state index contributed by atoms with van der Waals surface area (Å²) in [6.07, 6.45) is 5.00. The zero-order chi connectivity index (χ0) is 16.8. The van der Waals surface area contributed by atoms with Crippen LogP contribution in [0.1, 0.15) is 38.4 Å². The molecule has 1 aromatic rings. The van der Waals surface area contributed by atoms with Crippen LogP contribution in [-0.2, 0) is 4.74 Å². The van der Waals surface area contributed by atoms with Gasteiger partial charge in [0, 0.05) is 12.6 Å². The summed E-state index contributed by atoms with van der Waals surface area (Å²) in [5, 5.41) is 13.3. The molecule has 1 rings (SSSR count). The van der Waals surface area contributed by atoms with E-state index in [9.17, 15) is 14.9 Å². The molecule has 1 amide bonds. The van der Waals surface area contributed by atoms with Crippen LogP contribution in [0, 0.1) is 17.0 Å². The zero-order valence-corrected chi connectivity index (χ0v) is 13.3. The van der Waals surface area contributed by atoms with Crippen LogP contribution in [0.5, 0.6) is 0 Å². The van der Waals surface area contributed by atoms with E-state index < -0.39 is 16.6 Å². The lowest BCUT2D eigenvalue weighted by molar-refractivity contribution is -0.385. The summed E-state index contributed by atoms with van der Waals surface area (Å²) < 4.78 is 5.11. The zero-order valence-electron chi connectivity index (χ0n) is 13.3. The fourth-order valence-corrected chi connectivity index (χ4v) is 1.61. The first-order valence-corrected chi connectivity index (χ1v) is 6.93. The number of nitrogens with one attached hydrogen (secondary N) is 1. The second kappa shape index (κ2) is 7.53. The summed E-state index contributed by atoms with van der Waals surface area (Å²) in [4.78, 5) is 25.6. The molecule has 22 heavy (non-hydrogen) atoms. The Balaban J connectivity index is 2.44. The van der Waals surface area contributed by atoms with Crippen molar-refractivity contribution in [1.29, 1.82) is 0 Å². The number of hydrogen-bond acceptors (Lipinski definition) is 5. The third-order valence-electron chi connectivity index (χ3n) is 2.57. The number of ether oxygens (including phenoxy) is 1. The highest BCUT2D eigenvalue weighted by atomic mass is 16.6. The maximum Gasteiger partial charge on any atom is 0.407 e. The number of carbonyl (C=O) groups is 1. The first kappa shape index (κ1) is 17.6. The van der Waals surface area contributed by atoms with Gasteiger partial charge in [0.1, 0.15) is 11.8 Å². The van der Waals surface area contributed by atoms with Crippen molar-refractivity contribution in [3.05, 3.63) is 39.7 Å². The highest BCUT2D eigenvalue weighted by Crippen LogP contribution is 2.15. The quantitative estimate of drug-likeness (QED) is 0.512. The molecule has 7 heteroatoms. The van der Waals surface area contributed by atoms with Crippen LogP contribution < -0.4 is 5.32 Å². The van der Waals surface area contributed by atoms with E-state index in [-0.39, 0.29) is 5.69 Å². The maximum absolute atomic E-state index is 11.4. The van der Waals surface area contributed by atoms with Crippen molar-refractivity contribution >= 4 is 17.9 Å². The summed E-state index contributed by atoms with van der Waals surface area (Å²) in [5.41, 5.74) is 0.856. The van der Waals surface area contributed by atoms with Gasteiger partial charge in [0.15, 0.2) is 0 Å². The van der Waals surface area contributed by atoms with E-state index in [0.717, 1.165) is 5.56 Å². The van der Waals surface area contributed by atoms with Gasteiger partial charge in [0.2, 0.25) is 0 Å². The fourth-order valence-electron chi connectivity index (χ4n) is 1.61. The van der Waals surface area contributed by atoms with Gasteiger partial charge in [-0.25, -0.2) is 9.78 Å². The summed E-state index contributed by atoms with van der Waals surface area (Å²) in [7, 11) is 0. The fraction of sp³-hybridized carbons (Fsp3) is 0.467. The number of aryl methyl sites for hydroxylation is 1. The van der Waals surface area contributed by atoms with E-state index in [1.54, 1.807) is 33.8 Å². The van der Waals surface area contributed by atoms with Gasteiger partial charge in [0.05, 0.1) is 10.6 Å². The van der Waals surface area contributed by atoms with Gasteiger partial charge in [-0.15, -0.1) is 0 Å². The lowest BCUT2D eigenvalue weighted by Crippen LogP contribution is -2.32. The van der Waals surface area contributed by atoms with Crippen LogP contribution in [-0.4, -0.2) is 28.1 Å². The number of hydrogen-bond donors (Lipinski definition) is 1. The molecule has 0 aromatic carbocycles. The minimum Gasteiger partial charge on any atom is -0.444 e. The van der Waals surface area contributed by atoms with Gasteiger partial charge in [-0.05, 0) is 45.8 Å². The SMILES string of the molecule is Cc1cc([N+](=O)[O-])cnc1C=CCCNC(=O)OC(C)(C)C. The monoisotopic (exact) mass is 307 g/mol. The smallest absolute Gasteiger partial charge is 0.407 e. The van der Waals surface area contributed by atoms with Gasteiger partial charge < -0.3 is 10.1 Å². The molecule has 0 atom stereocenters. The molecule has 1 N–H and O–H groups in total. The molecule has 0 saturated heterocycles. The Bertz CT molecular complexity index is 577. The predicted octanol–water partition coefficient (Wildman–Crippen LogP) is 3.23. The molecule has 120 valence electrons. The Kier molecular flexibility index (Phi) is 6.03. The van der Waals surface area contributed by atoms with Crippen molar-refractivity contribution in [2.75, 3.05) is 6.54 Å². The molecule has 0 aliphatic rings. The van der Waals surface area contributed by atoms with Crippen molar-refractivity contribution < 1.29 is 14.5 Å². The summed E-state index contributed by atoms with van der Waals surface area (Å²) >= 11 is 0. The van der Waals surface area contributed by atoms with E-state index in [1.807, 2.05) is 6.08 Å².